The second-order valence-electron chi connectivity index (χ2n) is 13.3. The largest absolute Gasteiger partial charge is 0.493 e. The highest BCUT2D eigenvalue weighted by atomic mass is 35.5. The van der Waals surface area contributed by atoms with Crippen molar-refractivity contribution < 1.29 is 19.4 Å². The van der Waals surface area contributed by atoms with Gasteiger partial charge >= 0.3 is 12.0 Å². The molecule has 2 heterocycles. The number of hydrogen-bond donors (Lipinski definition) is 1. The maximum absolute atomic E-state index is 15.0. The van der Waals surface area contributed by atoms with E-state index < -0.39 is 17.0 Å². The van der Waals surface area contributed by atoms with Gasteiger partial charge in [-0.25, -0.2) is 4.79 Å². The molecule has 0 bridgehead atoms. The number of rotatable bonds is 7. The van der Waals surface area contributed by atoms with Gasteiger partial charge in [0.2, 0.25) is 0 Å². The van der Waals surface area contributed by atoms with E-state index in [1.165, 1.54) is 0 Å². The van der Waals surface area contributed by atoms with Gasteiger partial charge in [0.25, 0.3) is 0 Å². The van der Waals surface area contributed by atoms with Crippen molar-refractivity contribution in [2.75, 3.05) is 39.3 Å². The van der Waals surface area contributed by atoms with Gasteiger partial charge in [-0.1, -0.05) is 74.3 Å². The van der Waals surface area contributed by atoms with Crippen LogP contribution in [0.2, 0.25) is 10.0 Å². The topological polar surface area (TPSA) is 85.7 Å². The molecule has 2 aliphatic rings. The number of ether oxygens (including phenoxy) is 1. The average molecular weight is 666 g/mol. The third-order valence-electron chi connectivity index (χ3n) is 9.33. The molecule has 2 aliphatic heterocycles. The lowest BCUT2D eigenvalue weighted by Crippen LogP contribution is -2.61. The van der Waals surface area contributed by atoms with Crippen LogP contribution < -0.4 is 4.74 Å². The van der Waals surface area contributed by atoms with Crippen LogP contribution in [0.15, 0.2) is 71.7 Å². The van der Waals surface area contributed by atoms with Crippen LogP contribution in [0.25, 0.3) is 0 Å². The van der Waals surface area contributed by atoms with Crippen molar-refractivity contribution in [3.63, 3.8) is 0 Å². The number of carbonyl (C=O) groups is 2. The molecule has 8 nitrogen and oxygen atoms in total. The molecular formula is C36H42Cl2N4O4. The lowest BCUT2D eigenvalue weighted by Gasteiger charge is -2.47. The van der Waals surface area contributed by atoms with E-state index in [9.17, 15) is 14.7 Å². The number of aliphatic carboxylic acids is 1. The summed E-state index contributed by atoms with van der Waals surface area (Å²) in [5.74, 6) is 0.262. The summed E-state index contributed by atoms with van der Waals surface area (Å²) >= 11 is 12.7. The van der Waals surface area contributed by atoms with Crippen LogP contribution in [0.3, 0.4) is 0 Å². The first-order valence-electron chi connectivity index (χ1n) is 15.6. The quantitative estimate of drug-likeness (QED) is 0.284. The Kier molecular flexibility index (Phi) is 9.47. The Labute approximate surface area is 281 Å². The summed E-state index contributed by atoms with van der Waals surface area (Å²) in [5, 5.41) is 10.5. The Hall–Kier alpha value is -3.59. The molecule has 0 spiro atoms. The first-order chi connectivity index (χ1) is 21.7. The summed E-state index contributed by atoms with van der Waals surface area (Å²) in [4.78, 5) is 37.3. The molecule has 5 rings (SSSR count). The van der Waals surface area contributed by atoms with Gasteiger partial charge in [0, 0.05) is 36.2 Å². The van der Waals surface area contributed by atoms with Crippen molar-refractivity contribution >= 4 is 41.0 Å². The first-order valence-corrected chi connectivity index (χ1v) is 16.4. The zero-order chi connectivity index (χ0) is 33.4. The van der Waals surface area contributed by atoms with Crippen molar-refractivity contribution in [3.8, 4) is 5.75 Å². The zero-order valence-corrected chi connectivity index (χ0v) is 28.8. The number of hydrogen-bond acceptors (Lipinski definition) is 5. The summed E-state index contributed by atoms with van der Waals surface area (Å²) in [6, 6.07) is 21.1. The lowest BCUT2D eigenvalue weighted by molar-refractivity contribution is -0.138. The van der Waals surface area contributed by atoms with Crippen molar-refractivity contribution in [3.05, 3.63) is 99.0 Å². The van der Waals surface area contributed by atoms with Gasteiger partial charge < -0.3 is 14.7 Å². The molecular weight excluding hydrogens is 623 g/mol. The number of amidine groups is 1. The molecule has 1 saturated heterocycles. The van der Waals surface area contributed by atoms with Crippen molar-refractivity contribution in [2.45, 2.75) is 58.0 Å². The molecule has 10 heteroatoms. The molecule has 0 unspecified atom stereocenters. The molecule has 1 N–H and O–H groups in total. The monoisotopic (exact) mass is 664 g/mol. The van der Waals surface area contributed by atoms with Gasteiger partial charge in [0.05, 0.1) is 18.7 Å². The summed E-state index contributed by atoms with van der Waals surface area (Å²) in [7, 11) is 0. The van der Waals surface area contributed by atoms with Gasteiger partial charge in [0.15, 0.2) is 0 Å². The molecule has 0 saturated carbocycles. The molecule has 244 valence electrons. The molecule has 2 atom stereocenters. The van der Waals surface area contributed by atoms with Crippen LogP contribution in [-0.4, -0.2) is 77.0 Å². The number of piperazine rings is 1. The van der Waals surface area contributed by atoms with E-state index in [1.807, 2.05) is 91.2 Å². The van der Waals surface area contributed by atoms with Gasteiger partial charge in [-0.2, -0.15) is 0 Å². The molecule has 1 fully saturated rings. The maximum atomic E-state index is 15.0. The van der Waals surface area contributed by atoms with Gasteiger partial charge in [-0.15, -0.1) is 0 Å². The second-order valence-corrected chi connectivity index (χ2v) is 14.1. The Balaban J connectivity index is 1.73. The normalized spacial score (nSPS) is 22.1. The molecule has 2 amide bonds. The Morgan fingerprint density at radius 3 is 1.98 bits per heavy atom. The number of aliphatic imine (C=N–C) groups is 1. The highest BCUT2D eigenvalue weighted by molar-refractivity contribution is 6.30. The summed E-state index contributed by atoms with van der Waals surface area (Å²) < 4.78 is 6.26. The Morgan fingerprint density at radius 1 is 0.891 bits per heavy atom. The zero-order valence-electron chi connectivity index (χ0n) is 27.3. The van der Waals surface area contributed by atoms with Gasteiger partial charge in [-0.3, -0.25) is 19.6 Å². The maximum Gasteiger partial charge on any atom is 0.326 e. The molecule has 0 aliphatic carbocycles. The molecule has 0 aromatic heterocycles. The minimum absolute atomic E-state index is 0.0621. The highest BCUT2D eigenvalue weighted by Gasteiger charge is 2.60. The standard InChI is InChI=1S/C36H42Cl2N4O4/c1-7-46-30-22-26(34(2,3)4)12-17-29(30)32-39-35(5,24-8-13-27(37)14-9-24)36(6,25-10-15-28(38)16-11-25)42(32)33(45)41-20-18-40(19-21-41)23-31(43)44/h8-17,22H,7,18-21,23H2,1-6H3,(H,43,44)/t35-,36+/m0/s1. The van der Waals surface area contributed by atoms with Gasteiger partial charge in [0.1, 0.15) is 22.7 Å². The molecule has 3 aromatic rings. The number of urea groups is 1. The van der Waals surface area contributed by atoms with E-state index in [4.69, 9.17) is 32.9 Å². The molecule has 46 heavy (non-hydrogen) atoms. The van der Waals surface area contributed by atoms with Crippen LogP contribution in [-0.2, 0) is 21.3 Å². The predicted molar refractivity (Wildman–Crippen MR) is 183 cm³/mol. The fourth-order valence-corrected chi connectivity index (χ4v) is 6.70. The lowest BCUT2D eigenvalue weighted by atomic mass is 9.71. The van der Waals surface area contributed by atoms with E-state index in [1.54, 1.807) is 4.90 Å². The number of halogens is 2. The smallest absolute Gasteiger partial charge is 0.326 e. The first kappa shape index (κ1) is 33.8. The number of amides is 2. The fourth-order valence-electron chi connectivity index (χ4n) is 6.45. The van der Waals surface area contributed by atoms with Crippen molar-refractivity contribution in [1.29, 1.82) is 0 Å². The van der Waals surface area contributed by atoms with Crippen LogP contribution >= 0.6 is 23.2 Å². The third-order valence-corrected chi connectivity index (χ3v) is 9.83. The second kappa shape index (κ2) is 12.9. The fraction of sp³-hybridized carbons (Fsp3) is 0.417. The van der Waals surface area contributed by atoms with E-state index in [0.717, 1.165) is 16.7 Å². The minimum Gasteiger partial charge on any atom is -0.493 e. The molecule has 3 aromatic carbocycles. The Morgan fingerprint density at radius 2 is 1.46 bits per heavy atom. The van der Waals surface area contributed by atoms with Crippen molar-refractivity contribution in [2.24, 2.45) is 4.99 Å². The van der Waals surface area contributed by atoms with Crippen LogP contribution in [0.5, 0.6) is 5.75 Å². The molecule has 0 radical (unpaired) electrons. The van der Waals surface area contributed by atoms with E-state index in [-0.39, 0.29) is 18.0 Å². The predicted octanol–water partition coefficient (Wildman–Crippen LogP) is 7.40. The van der Waals surface area contributed by atoms with Gasteiger partial charge in [-0.05, 0) is 79.3 Å². The van der Waals surface area contributed by atoms with E-state index >= 15 is 0 Å². The van der Waals surface area contributed by atoms with Crippen LogP contribution in [0.4, 0.5) is 4.79 Å². The number of carboxylic acid groups (broad SMARTS) is 1. The Bertz CT molecular complexity index is 1630. The number of benzene rings is 3. The number of carbonyl (C=O) groups excluding carboxylic acids is 1. The van der Waals surface area contributed by atoms with E-state index in [0.29, 0.717) is 60.0 Å². The summed E-state index contributed by atoms with van der Waals surface area (Å²) in [5.41, 5.74) is 1.45. The third kappa shape index (κ3) is 6.23. The van der Waals surface area contributed by atoms with Crippen LogP contribution in [0, 0.1) is 0 Å². The highest BCUT2D eigenvalue weighted by Crippen LogP contribution is 2.54. The average Bonchev–Trinajstić information content (AvgIpc) is 3.25. The van der Waals surface area contributed by atoms with Crippen molar-refractivity contribution in [1.82, 2.24) is 14.7 Å². The summed E-state index contributed by atoms with van der Waals surface area (Å²) in [6.45, 7) is 14.5. The number of nitrogens with zero attached hydrogens (tertiary/aromatic N) is 4. The SMILES string of the molecule is CCOc1cc(C(C)(C)C)ccc1C1=N[C@@](C)(c2ccc(Cl)cc2)[C@@](C)(c2ccc(Cl)cc2)N1C(=O)N1CCN(CC(=O)O)CC1. The summed E-state index contributed by atoms with van der Waals surface area (Å²) in [6.07, 6.45) is 0. The van der Waals surface area contributed by atoms with Crippen LogP contribution in [0.1, 0.15) is 63.8 Å². The minimum atomic E-state index is -1.03. The number of carboxylic acids is 1. The van der Waals surface area contributed by atoms with E-state index in [2.05, 4.69) is 26.8 Å².